The Bertz CT molecular complexity index is 3410. The molecule has 12 rings (SSSR count). The van der Waals surface area contributed by atoms with Crippen molar-refractivity contribution >= 4 is 67.8 Å². The normalized spacial score (nSPS) is 13.9. The van der Waals surface area contributed by atoms with E-state index in [1.165, 1.54) is 88.6 Å². The van der Waals surface area contributed by atoms with Gasteiger partial charge in [-0.15, -0.1) is 0 Å². The lowest BCUT2D eigenvalue weighted by Crippen LogP contribution is -2.17. The number of para-hydroxylation sites is 2. The van der Waals surface area contributed by atoms with Crippen LogP contribution in [-0.4, -0.2) is 0 Å². The topological polar surface area (TPSA) is 6.48 Å². The Labute approximate surface area is 388 Å². The van der Waals surface area contributed by atoms with Gasteiger partial charge in [-0.05, 0) is 127 Å². The first kappa shape index (κ1) is 39.6. The fraction of sp³-hybridized carbons (Fsp3) is 0.0938. The van der Waals surface area contributed by atoms with Crippen molar-refractivity contribution in [2.45, 2.75) is 38.5 Å². The van der Waals surface area contributed by atoms with Gasteiger partial charge < -0.3 is 9.80 Å². The summed E-state index contributed by atoms with van der Waals surface area (Å²) in [5.74, 6) is 0. The van der Waals surface area contributed by atoms with E-state index in [1.54, 1.807) is 0 Å². The molecule has 10 aromatic carbocycles. The van der Waals surface area contributed by atoms with Crippen molar-refractivity contribution in [3.8, 4) is 22.3 Å². The number of rotatable bonds is 8. The number of fused-ring (bicyclic) bond motifs is 8. The van der Waals surface area contributed by atoms with Gasteiger partial charge in [-0.3, -0.25) is 0 Å². The van der Waals surface area contributed by atoms with Crippen LogP contribution in [0.5, 0.6) is 0 Å². The summed E-state index contributed by atoms with van der Waals surface area (Å²) in [5.41, 5.74) is 19.7. The Kier molecular flexibility index (Phi) is 9.22. The quantitative estimate of drug-likeness (QED) is 0.141. The van der Waals surface area contributed by atoms with E-state index in [9.17, 15) is 0 Å². The summed E-state index contributed by atoms with van der Waals surface area (Å²) >= 11 is 0. The molecular formula is C64H50N2. The molecule has 0 saturated carbocycles. The zero-order valence-electron chi connectivity index (χ0n) is 37.8. The molecule has 0 radical (unpaired) electrons. The summed E-state index contributed by atoms with van der Waals surface area (Å²) in [5, 5.41) is 4.92. The van der Waals surface area contributed by atoms with Gasteiger partial charge in [0.15, 0.2) is 0 Å². The van der Waals surface area contributed by atoms with Crippen molar-refractivity contribution in [1.29, 1.82) is 0 Å². The third-order valence-corrected chi connectivity index (χ3v) is 14.4. The molecule has 2 heteroatoms. The second kappa shape index (κ2) is 15.4. The first-order valence-corrected chi connectivity index (χ1v) is 23.2. The van der Waals surface area contributed by atoms with Gasteiger partial charge in [0.25, 0.3) is 0 Å². The predicted molar refractivity (Wildman–Crippen MR) is 281 cm³/mol. The lowest BCUT2D eigenvalue weighted by atomic mass is 9.81. The van der Waals surface area contributed by atoms with Gasteiger partial charge >= 0.3 is 0 Å². The van der Waals surface area contributed by atoms with Crippen LogP contribution >= 0.6 is 0 Å². The largest absolute Gasteiger partial charge is 0.310 e. The third kappa shape index (κ3) is 6.39. The van der Waals surface area contributed by atoms with E-state index < -0.39 is 0 Å². The SMILES string of the molecule is CC1(C)c2cc(/C=C/c3ccc4c(c3)C(C)(C)c3cc(N(c5cccc6ccccc56)c5cccc6ccccc56)ccc3-4)ccc2-c2ccc(N(c3ccccc3)c3ccccc3)cc21. The Morgan fingerprint density at radius 2 is 0.667 bits per heavy atom. The molecule has 66 heavy (non-hydrogen) atoms. The average Bonchev–Trinajstić information content (AvgIpc) is 3.72. The first-order valence-electron chi connectivity index (χ1n) is 23.2. The summed E-state index contributed by atoms with van der Waals surface area (Å²) in [4.78, 5) is 4.83. The van der Waals surface area contributed by atoms with E-state index in [1.807, 2.05) is 0 Å². The molecule has 0 spiro atoms. The third-order valence-electron chi connectivity index (χ3n) is 14.4. The molecule has 0 atom stereocenters. The highest BCUT2D eigenvalue weighted by atomic mass is 15.1. The van der Waals surface area contributed by atoms with Crippen molar-refractivity contribution in [2.75, 3.05) is 9.80 Å². The van der Waals surface area contributed by atoms with Crippen LogP contribution in [-0.2, 0) is 10.8 Å². The molecule has 0 aliphatic heterocycles. The minimum Gasteiger partial charge on any atom is -0.310 e. The van der Waals surface area contributed by atoms with Crippen LogP contribution in [0, 0.1) is 0 Å². The van der Waals surface area contributed by atoms with Gasteiger partial charge in [-0.25, -0.2) is 0 Å². The smallest absolute Gasteiger partial charge is 0.0540 e. The van der Waals surface area contributed by atoms with Gasteiger partial charge in [0.2, 0.25) is 0 Å². The van der Waals surface area contributed by atoms with Crippen LogP contribution in [0.4, 0.5) is 34.1 Å². The zero-order chi connectivity index (χ0) is 44.6. The number of benzene rings is 10. The van der Waals surface area contributed by atoms with E-state index in [-0.39, 0.29) is 10.8 Å². The summed E-state index contributed by atoms with van der Waals surface area (Å²) in [6.07, 6.45) is 4.58. The molecule has 0 aromatic heterocycles. The zero-order valence-corrected chi connectivity index (χ0v) is 37.8. The molecule has 0 amide bonds. The average molecular weight is 847 g/mol. The fourth-order valence-corrected chi connectivity index (χ4v) is 11.0. The summed E-state index contributed by atoms with van der Waals surface area (Å²) in [6.45, 7) is 9.53. The van der Waals surface area contributed by atoms with Crippen LogP contribution in [0.3, 0.4) is 0 Å². The molecule has 0 unspecified atom stereocenters. The van der Waals surface area contributed by atoms with Gasteiger partial charge in [-0.2, -0.15) is 0 Å². The summed E-state index contributed by atoms with van der Waals surface area (Å²) < 4.78 is 0. The molecule has 316 valence electrons. The molecule has 0 heterocycles. The van der Waals surface area contributed by atoms with Crippen molar-refractivity contribution in [2.24, 2.45) is 0 Å². The van der Waals surface area contributed by atoms with Crippen molar-refractivity contribution in [3.05, 3.63) is 252 Å². The van der Waals surface area contributed by atoms with Gasteiger partial charge in [0, 0.05) is 44.4 Å². The highest BCUT2D eigenvalue weighted by Crippen LogP contribution is 2.53. The van der Waals surface area contributed by atoms with Crippen molar-refractivity contribution in [3.63, 3.8) is 0 Å². The molecule has 2 aliphatic carbocycles. The van der Waals surface area contributed by atoms with Gasteiger partial charge in [-0.1, -0.05) is 198 Å². The van der Waals surface area contributed by atoms with Crippen LogP contribution < -0.4 is 9.80 Å². The maximum Gasteiger partial charge on any atom is 0.0540 e. The van der Waals surface area contributed by atoms with Crippen molar-refractivity contribution in [1.82, 2.24) is 0 Å². The fourth-order valence-electron chi connectivity index (χ4n) is 11.0. The molecule has 0 bridgehead atoms. The molecule has 0 saturated heterocycles. The number of hydrogen-bond donors (Lipinski definition) is 0. The summed E-state index contributed by atoms with van der Waals surface area (Å²) in [6, 6.07) is 80.3. The molecule has 2 nitrogen and oxygen atoms in total. The molecule has 2 aliphatic rings. The van der Waals surface area contributed by atoms with E-state index in [4.69, 9.17) is 0 Å². The molecule has 0 fully saturated rings. The maximum absolute atomic E-state index is 2.47. The molecule has 0 N–H and O–H groups in total. The predicted octanol–water partition coefficient (Wildman–Crippen LogP) is 17.7. The molecule has 10 aromatic rings. The minimum atomic E-state index is -0.202. The van der Waals surface area contributed by atoms with Gasteiger partial charge in [0.05, 0.1) is 11.4 Å². The highest BCUT2D eigenvalue weighted by Gasteiger charge is 2.38. The Balaban J connectivity index is 0.866. The number of anilines is 6. The highest BCUT2D eigenvalue weighted by molar-refractivity contribution is 6.05. The Morgan fingerprint density at radius 1 is 0.303 bits per heavy atom. The monoisotopic (exact) mass is 846 g/mol. The van der Waals surface area contributed by atoms with E-state index >= 15 is 0 Å². The van der Waals surface area contributed by atoms with Crippen LogP contribution in [0.2, 0.25) is 0 Å². The first-order chi connectivity index (χ1) is 32.2. The Morgan fingerprint density at radius 3 is 1.12 bits per heavy atom. The Hall–Kier alpha value is -7.94. The van der Waals surface area contributed by atoms with E-state index in [0.717, 1.165) is 22.7 Å². The van der Waals surface area contributed by atoms with Gasteiger partial charge in [0.1, 0.15) is 0 Å². The van der Waals surface area contributed by atoms with Crippen molar-refractivity contribution < 1.29 is 0 Å². The number of nitrogens with zero attached hydrogens (tertiary/aromatic N) is 2. The van der Waals surface area contributed by atoms with Crippen LogP contribution in [0.1, 0.15) is 61.1 Å². The number of hydrogen-bond acceptors (Lipinski definition) is 2. The standard InChI is InChI=1S/C64H50N2/c1-63(2)57-39-43(31-35-53(57)55-37-33-49(41-59(55)63)65(47-21-7-5-8-22-47)48-23-9-6-10-24-48)29-30-44-32-36-54-56-38-34-50(42-60(56)64(3,4)58(54)40-44)66(61-27-15-19-45-17-11-13-25-51(45)61)62-28-16-20-46-18-12-14-26-52(46)62/h5-42H,1-4H3/b30-29+. The second-order valence-corrected chi connectivity index (χ2v) is 19.0. The van der Waals surface area contributed by atoms with E-state index in [2.05, 4.69) is 268 Å². The molecular weight excluding hydrogens is 797 g/mol. The second-order valence-electron chi connectivity index (χ2n) is 19.0. The lowest BCUT2D eigenvalue weighted by Gasteiger charge is -2.30. The van der Waals surface area contributed by atoms with Crippen LogP contribution in [0.15, 0.2) is 218 Å². The van der Waals surface area contributed by atoms with Crippen LogP contribution in [0.25, 0.3) is 56.0 Å². The maximum atomic E-state index is 2.47. The summed E-state index contributed by atoms with van der Waals surface area (Å²) in [7, 11) is 0. The lowest BCUT2D eigenvalue weighted by molar-refractivity contribution is 0.660. The van der Waals surface area contributed by atoms with E-state index in [0.29, 0.717) is 0 Å². The minimum absolute atomic E-state index is 0.164.